The van der Waals surface area contributed by atoms with E-state index in [0.717, 1.165) is 5.56 Å². The lowest BCUT2D eigenvalue weighted by Crippen LogP contribution is -2.30. The molecule has 2 N–H and O–H groups in total. The summed E-state index contributed by atoms with van der Waals surface area (Å²) < 4.78 is 0. The molecule has 0 radical (unpaired) electrons. The zero-order valence-corrected chi connectivity index (χ0v) is 7.33. The van der Waals surface area contributed by atoms with Gasteiger partial charge in [-0.2, -0.15) is 0 Å². The number of nitrogens with one attached hydrogen (secondary N) is 1. The van der Waals surface area contributed by atoms with Gasteiger partial charge in [0.05, 0.1) is 5.71 Å². The van der Waals surface area contributed by atoms with Gasteiger partial charge in [-0.25, -0.2) is 0 Å². The molecule has 0 aliphatic heterocycles. The van der Waals surface area contributed by atoms with Crippen molar-refractivity contribution in [2.24, 2.45) is 0 Å². The third-order valence-electron chi connectivity index (χ3n) is 1.67. The highest BCUT2D eigenvalue weighted by atomic mass is 16.3. The molecule has 2 heteroatoms. The molecule has 0 saturated carbocycles. The summed E-state index contributed by atoms with van der Waals surface area (Å²) in [4.78, 5) is 0. The summed E-state index contributed by atoms with van der Waals surface area (Å²) in [5, 5.41) is 17.1. The Bertz CT molecular complexity index is 272. The van der Waals surface area contributed by atoms with Crippen LogP contribution in [0.5, 0.6) is 0 Å². The minimum Gasteiger partial charge on any atom is -0.384 e. The minimum absolute atomic E-state index is 0.253. The summed E-state index contributed by atoms with van der Waals surface area (Å²) in [6.07, 6.45) is 0. The second-order valence-corrected chi connectivity index (χ2v) is 3.30. The van der Waals surface area contributed by atoms with Crippen LogP contribution in [0, 0.1) is 5.41 Å². The predicted octanol–water partition coefficient (Wildman–Crippen LogP) is 1.83. The highest BCUT2D eigenvalue weighted by molar-refractivity contribution is 6.03. The van der Waals surface area contributed by atoms with Gasteiger partial charge in [0.2, 0.25) is 0 Å². The first kappa shape index (κ1) is 8.94. The average Bonchev–Trinajstić information content (AvgIpc) is 2.03. The Hall–Kier alpha value is -1.15. The molecule has 0 aliphatic carbocycles. The summed E-state index contributed by atoms with van der Waals surface area (Å²) in [5.41, 5.74) is -0.0328. The van der Waals surface area contributed by atoms with Crippen LogP contribution in [0.1, 0.15) is 19.4 Å². The van der Waals surface area contributed by atoms with Crippen molar-refractivity contribution >= 4 is 5.71 Å². The fourth-order valence-corrected chi connectivity index (χ4v) is 0.958. The van der Waals surface area contributed by atoms with Gasteiger partial charge in [-0.1, -0.05) is 30.3 Å². The van der Waals surface area contributed by atoms with E-state index in [1.807, 2.05) is 30.3 Å². The van der Waals surface area contributed by atoms with Crippen molar-refractivity contribution in [3.8, 4) is 0 Å². The molecule has 0 unspecified atom stereocenters. The Labute approximate surface area is 72.4 Å². The number of hydrogen-bond donors (Lipinski definition) is 2. The highest BCUT2D eigenvalue weighted by Gasteiger charge is 2.20. The largest absolute Gasteiger partial charge is 0.384 e. The second kappa shape index (κ2) is 3.07. The minimum atomic E-state index is -1.05. The van der Waals surface area contributed by atoms with Gasteiger partial charge in [-0.15, -0.1) is 0 Å². The maximum Gasteiger partial charge on any atom is 0.101 e. The van der Waals surface area contributed by atoms with E-state index < -0.39 is 5.60 Å². The first-order valence-electron chi connectivity index (χ1n) is 3.88. The van der Waals surface area contributed by atoms with Crippen LogP contribution < -0.4 is 0 Å². The van der Waals surface area contributed by atoms with E-state index in [-0.39, 0.29) is 5.71 Å². The van der Waals surface area contributed by atoms with E-state index in [0.29, 0.717) is 0 Å². The van der Waals surface area contributed by atoms with Gasteiger partial charge in [0, 0.05) is 0 Å². The molecule has 0 atom stereocenters. The maximum atomic E-state index is 9.52. The first-order valence-corrected chi connectivity index (χ1v) is 3.88. The van der Waals surface area contributed by atoms with Crippen molar-refractivity contribution in [3.63, 3.8) is 0 Å². The summed E-state index contributed by atoms with van der Waals surface area (Å²) in [6.45, 7) is 3.23. The van der Waals surface area contributed by atoms with Crippen LogP contribution >= 0.6 is 0 Å². The lowest BCUT2D eigenvalue weighted by Gasteiger charge is -2.18. The molecule has 0 bridgehead atoms. The molecule has 1 aromatic carbocycles. The molecule has 0 saturated heterocycles. The number of aliphatic hydroxyl groups is 1. The normalized spacial score (nSPS) is 11.2. The highest BCUT2D eigenvalue weighted by Crippen LogP contribution is 2.11. The van der Waals surface area contributed by atoms with Crippen LogP contribution in [0.4, 0.5) is 0 Å². The van der Waals surface area contributed by atoms with Crippen molar-refractivity contribution in [1.29, 1.82) is 5.41 Å². The van der Waals surface area contributed by atoms with Crippen molar-refractivity contribution < 1.29 is 5.11 Å². The molecule has 0 aliphatic rings. The van der Waals surface area contributed by atoms with Gasteiger partial charge in [0.25, 0.3) is 0 Å². The molecular weight excluding hydrogens is 150 g/mol. The van der Waals surface area contributed by atoms with Crippen LogP contribution in [-0.4, -0.2) is 16.4 Å². The Morgan fingerprint density at radius 2 is 1.75 bits per heavy atom. The summed E-state index contributed by atoms with van der Waals surface area (Å²) in [7, 11) is 0. The molecule has 12 heavy (non-hydrogen) atoms. The molecule has 1 aromatic rings. The van der Waals surface area contributed by atoms with Crippen molar-refractivity contribution in [3.05, 3.63) is 35.9 Å². The van der Waals surface area contributed by atoms with E-state index in [1.54, 1.807) is 13.8 Å². The maximum absolute atomic E-state index is 9.52. The number of benzene rings is 1. The van der Waals surface area contributed by atoms with Gasteiger partial charge in [0.1, 0.15) is 5.60 Å². The lowest BCUT2D eigenvalue weighted by molar-refractivity contribution is 0.153. The Morgan fingerprint density at radius 3 is 2.17 bits per heavy atom. The molecule has 2 nitrogen and oxygen atoms in total. The smallest absolute Gasteiger partial charge is 0.101 e. The monoisotopic (exact) mass is 163 g/mol. The van der Waals surface area contributed by atoms with Crippen molar-refractivity contribution in [2.45, 2.75) is 19.4 Å². The Morgan fingerprint density at radius 1 is 1.25 bits per heavy atom. The van der Waals surface area contributed by atoms with Gasteiger partial charge in [-0.05, 0) is 19.4 Å². The molecule has 64 valence electrons. The standard InChI is InChI=1S/C10H13NO/c1-10(2,12)9(11)8-6-4-3-5-7-8/h3-7,11-12H,1-2H3. The van der Waals surface area contributed by atoms with Crippen LogP contribution in [0.25, 0.3) is 0 Å². The van der Waals surface area contributed by atoms with E-state index in [1.165, 1.54) is 0 Å². The zero-order chi connectivity index (χ0) is 9.19. The predicted molar refractivity (Wildman–Crippen MR) is 49.6 cm³/mol. The molecule has 0 aromatic heterocycles. The SMILES string of the molecule is CC(C)(O)C(=N)c1ccccc1. The Kier molecular flexibility index (Phi) is 2.29. The quantitative estimate of drug-likeness (QED) is 0.642. The Balaban J connectivity index is 2.94. The first-order chi connectivity index (χ1) is 5.52. The van der Waals surface area contributed by atoms with Crippen molar-refractivity contribution in [1.82, 2.24) is 0 Å². The van der Waals surface area contributed by atoms with Gasteiger partial charge in [0.15, 0.2) is 0 Å². The van der Waals surface area contributed by atoms with Crippen LogP contribution in [0.15, 0.2) is 30.3 Å². The average molecular weight is 163 g/mol. The summed E-state index contributed by atoms with van der Waals surface area (Å²) in [6, 6.07) is 9.24. The third-order valence-corrected chi connectivity index (χ3v) is 1.67. The van der Waals surface area contributed by atoms with E-state index in [4.69, 9.17) is 5.41 Å². The van der Waals surface area contributed by atoms with Crippen molar-refractivity contribution in [2.75, 3.05) is 0 Å². The fourth-order valence-electron chi connectivity index (χ4n) is 0.958. The molecule has 0 spiro atoms. The molecule has 1 rings (SSSR count). The molecular formula is C10H13NO. The third kappa shape index (κ3) is 1.92. The number of rotatable bonds is 2. The number of hydrogen-bond acceptors (Lipinski definition) is 2. The van der Waals surface area contributed by atoms with E-state index in [2.05, 4.69) is 0 Å². The molecule has 0 amide bonds. The van der Waals surface area contributed by atoms with E-state index in [9.17, 15) is 5.11 Å². The van der Waals surface area contributed by atoms with E-state index >= 15 is 0 Å². The summed E-state index contributed by atoms with van der Waals surface area (Å²) in [5.74, 6) is 0. The van der Waals surface area contributed by atoms with Crippen LogP contribution in [0.3, 0.4) is 0 Å². The van der Waals surface area contributed by atoms with Crippen LogP contribution in [-0.2, 0) is 0 Å². The van der Waals surface area contributed by atoms with Gasteiger partial charge >= 0.3 is 0 Å². The van der Waals surface area contributed by atoms with Gasteiger partial charge in [-0.3, -0.25) is 0 Å². The topological polar surface area (TPSA) is 44.1 Å². The summed E-state index contributed by atoms with van der Waals surface area (Å²) >= 11 is 0. The zero-order valence-electron chi connectivity index (χ0n) is 7.33. The molecule has 0 heterocycles. The fraction of sp³-hybridized carbons (Fsp3) is 0.300. The van der Waals surface area contributed by atoms with Gasteiger partial charge < -0.3 is 10.5 Å². The second-order valence-electron chi connectivity index (χ2n) is 3.30. The molecule has 0 fully saturated rings. The lowest BCUT2D eigenvalue weighted by atomic mass is 9.96. The van der Waals surface area contributed by atoms with Crippen LogP contribution in [0.2, 0.25) is 0 Å².